The van der Waals surface area contributed by atoms with Crippen LogP contribution in [0.15, 0.2) is 30.3 Å². The molecule has 0 fully saturated rings. The standard InChI is InChI=1S/C11H10FN.C2H6/c1-7-5-9(13)6-8-3-2-4-10(12)11(7)8;1-2/h2-6H,13H2,1H3;1-2H3. The first-order chi connectivity index (χ1) is 7.18. The number of halogens is 1. The quantitative estimate of drug-likeness (QED) is 0.648. The molecule has 0 radical (unpaired) electrons. The zero-order chi connectivity index (χ0) is 11.4. The number of aryl methyl sites for hydroxylation is 1. The Morgan fingerprint density at radius 3 is 2.47 bits per heavy atom. The van der Waals surface area contributed by atoms with Crippen molar-refractivity contribution in [2.75, 3.05) is 5.73 Å². The molecule has 0 saturated heterocycles. The summed E-state index contributed by atoms with van der Waals surface area (Å²) in [5.74, 6) is -0.185. The lowest BCUT2D eigenvalue weighted by Crippen LogP contribution is -1.89. The Labute approximate surface area is 89.7 Å². The lowest BCUT2D eigenvalue weighted by atomic mass is 10.0. The number of hydrogen-bond acceptors (Lipinski definition) is 1. The van der Waals surface area contributed by atoms with Crippen LogP contribution in [0.5, 0.6) is 0 Å². The lowest BCUT2D eigenvalue weighted by Gasteiger charge is -2.04. The Hall–Kier alpha value is -1.57. The highest BCUT2D eigenvalue weighted by Gasteiger charge is 2.03. The van der Waals surface area contributed by atoms with Gasteiger partial charge < -0.3 is 5.73 Å². The predicted molar refractivity (Wildman–Crippen MR) is 64.4 cm³/mol. The van der Waals surface area contributed by atoms with Gasteiger partial charge in [-0.05, 0) is 36.1 Å². The highest BCUT2D eigenvalue weighted by molar-refractivity contribution is 5.88. The second kappa shape index (κ2) is 4.78. The first-order valence-electron chi connectivity index (χ1n) is 5.13. The summed E-state index contributed by atoms with van der Waals surface area (Å²) < 4.78 is 13.3. The van der Waals surface area contributed by atoms with Gasteiger partial charge in [0.2, 0.25) is 0 Å². The zero-order valence-electron chi connectivity index (χ0n) is 9.34. The summed E-state index contributed by atoms with van der Waals surface area (Å²) >= 11 is 0. The average Bonchev–Trinajstić information content (AvgIpc) is 2.19. The van der Waals surface area contributed by atoms with Crippen molar-refractivity contribution in [2.24, 2.45) is 0 Å². The largest absolute Gasteiger partial charge is 0.399 e. The summed E-state index contributed by atoms with van der Waals surface area (Å²) in [4.78, 5) is 0. The molecule has 0 unspecified atom stereocenters. The third-order valence-corrected chi connectivity index (χ3v) is 2.15. The van der Waals surface area contributed by atoms with Crippen molar-refractivity contribution in [3.63, 3.8) is 0 Å². The van der Waals surface area contributed by atoms with E-state index in [2.05, 4.69) is 0 Å². The van der Waals surface area contributed by atoms with Crippen molar-refractivity contribution < 1.29 is 4.39 Å². The van der Waals surface area contributed by atoms with Crippen LogP contribution >= 0.6 is 0 Å². The fourth-order valence-electron chi connectivity index (χ4n) is 1.62. The Bertz CT molecular complexity index is 463. The molecule has 80 valence electrons. The molecule has 0 spiro atoms. The molecule has 2 N–H and O–H groups in total. The molecule has 2 rings (SSSR count). The fourth-order valence-corrected chi connectivity index (χ4v) is 1.62. The highest BCUT2D eigenvalue weighted by atomic mass is 19.1. The van der Waals surface area contributed by atoms with Gasteiger partial charge in [-0.15, -0.1) is 0 Å². The van der Waals surface area contributed by atoms with Crippen LogP contribution in [0.2, 0.25) is 0 Å². The first-order valence-corrected chi connectivity index (χ1v) is 5.13. The number of rotatable bonds is 0. The van der Waals surface area contributed by atoms with E-state index in [1.807, 2.05) is 26.8 Å². The molecule has 2 aromatic rings. The molecule has 0 aliphatic rings. The van der Waals surface area contributed by atoms with Crippen molar-refractivity contribution >= 4 is 16.5 Å². The number of nitrogen functional groups attached to an aromatic ring is 1. The van der Waals surface area contributed by atoms with Gasteiger partial charge in [0.15, 0.2) is 0 Å². The highest BCUT2D eigenvalue weighted by Crippen LogP contribution is 2.24. The summed E-state index contributed by atoms with van der Waals surface area (Å²) in [7, 11) is 0. The fraction of sp³-hybridized carbons (Fsp3) is 0.231. The summed E-state index contributed by atoms with van der Waals surface area (Å²) in [5, 5.41) is 1.52. The number of benzene rings is 2. The number of anilines is 1. The molecule has 2 heteroatoms. The molecule has 0 atom stereocenters. The van der Waals surface area contributed by atoms with Crippen molar-refractivity contribution in [1.82, 2.24) is 0 Å². The lowest BCUT2D eigenvalue weighted by molar-refractivity contribution is 0.639. The maximum Gasteiger partial charge on any atom is 0.131 e. The minimum Gasteiger partial charge on any atom is -0.399 e. The average molecular weight is 205 g/mol. The Morgan fingerprint density at radius 2 is 1.80 bits per heavy atom. The number of hydrogen-bond donors (Lipinski definition) is 1. The van der Waals surface area contributed by atoms with E-state index >= 15 is 0 Å². The first kappa shape index (κ1) is 11.5. The van der Waals surface area contributed by atoms with Crippen molar-refractivity contribution in [2.45, 2.75) is 20.8 Å². The van der Waals surface area contributed by atoms with E-state index in [1.54, 1.807) is 18.2 Å². The van der Waals surface area contributed by atoms with Gasteiger partial charge >= 0.3 is 0 Å². The minimum atomic E-state index is -0.185. The van der Waals surface area contributed by atoms with E-state index in [4.69, 9.17) is 5.73 Å². The summed E-state index contributed by atoms with van der Waals surface area (Å²) in [5.41, 5.74) is 7.21. The third-order valence-electron chi connectivity index (χ3n) is 2.15. The molecule has 1 nitrogen and oxygen atoms in total. The van der Waals surface area contributed by atoms with E-state index in [0.717, 1.165) is 10.9 Å². The molecule has 0 heterocycles. The monoisotopic (exact) mass is 205 g/mol. The SMILES string of the molecule is CC.Cc1cc(N)cc2cccc(F)c12. The molecular weight excluding hydrogens is 189 g/mol. The Balaban J connectivity index is 0.000000531. The Kier molecular flexibility index (Phi) is 3.67. The van der Waals surface area contributed by atoms with Crippen LogP contribution < -0.4 is 5.73 Å². The van der Waals surface area contributed by atoms with Crippen LogP contribution in [0.3, 0.4) is 0 Å². The van der Waals surface area contributed by atoms with Crippen LogP contribution in [0.4, 0.5) is 10.1 Å². The second-order valence-corrected chi connectivity index (χ2v) is 3.18. The summed E-state index contributed by atoms with van der Waals surface area (Å²) in [6, 6.07) is 8.58. The minimum absolute atomic E-state index is 0.185. The summed E-state index contributed by atoms with van der Waals surface area (Å²) in [6.45, 7) is 5.86. The third kappa shape index (κ3) is 2.27. The number of nitrogens with two attached hydrogens (primary N) is 1. The molecule has 0 amide bonds. The second-order valence-electron chi connectivity index (χ2n) is 3.18. The maximum absolute atomic E-state index is 13.3. The molecule has 0 saturated carbocycles. The van der Waals surface area contributed by atoms with Gasteiger partial charge in [-0.2, -0.15) is 0 Å². The maximum atomic E-state index is 13.3. The van der Waals surface area contributed by atoms with Crippen molar-refractivity contribution in [3.8, 4) is 0 Å². The molecule has 15 heavy (non-hydrogen) atoms. The molecular formula is C13H16FN. The predicted octanol–water partition coefficient (Wildman–Crippen LogP) is 3.90. The molecule has 0 aliphatic carbocycles. The molecule has 0 bridgehead atoms. The summed E-state index contributed by atoms with van der Waals surface area (Å²) in [6.07, 6.45) is 0. The van der Waals surface area contributed by atoms with Crippen LogP contribution in [-0.4, -0.2) is 0 Å². The van der Waals surface area contributed by atoms with E-state index < -0.39 is 0 Å². The van der Waals surface area contributed by atoms with Gasteiger partial charge in [-0.1, -0.05) is 26.0 Å². The Morgan fingerprint density at radius 1 is 1.13 bits per heavy atom. The van der Waals surface area contributed by atoms with Gasteiger partial charge in [-0.25, -0.2) is 4.39 Å². The van der Waals surface area contributed by atoms with Crippen LogP contribution in [0.1, 0.15) is 19.4 Å². The van der Waals surface area contributed by atoms with Gasteiger partial charge in [0.05, 0.1) is 0 Å². The van der Waals surface area contributed by atoms with Crippen LogP contribution in [0, 0.1) is 12.7 Å². The van der Waals surface area contributed by atoms with Gasteiger partial charge in [0.1, 0.15) is 5.82 Å². The molecule has 0 aromatic heterocycles. The van der Waals surface area contributed by atoms with Crippen LogP contribution in [0.25, 0.3) is 10.8 Å². The van der Waals surface area contributed by atoms with E-state index in [9.17, 15) is 4.39 Å². The van der Waals surface area contributed by atoms with Crippen LogP contribution in [-0.2, 0) is 0 Å². The van der Waals surface area contributed by atoms with Gasteiger partial charge in [0, 0.05) is 11.1 Å². The number of fused-ring (bicyclic) bond motifs is 1. The topological polar surface area (TPSA) is 26.0 Å². The van der Waals surface area contributed by atoms with Gasteiger partial charge in [0.25, 0.3) is 0 Å². The van der Waals surface area contributed by atoms with Crippen molar-refractivity contribution in [1.29, 1.82) is 0 Å². The zero-order valence-corrected chi connectivity index (χ0v) is 9.34. The van der Waals surface area contributed by atoms with Crippen molar-refractivity contribution in [3.05, 3.63) is 41.7 Å². The van der Waals surface area contributed by atoms with Gasteiger partial charge in [-0.3, -0.25) is 0 Å². The molecule has 2 aromatic carbocycles. The van der Waals surface area contributed by atoms with E-state index in [1.165, 1.54) is 6.07 Å². The van der Waals surface area contributed by atoms with E-state index in [-0.39, 0.29) is 5.82 Å². The normalized spacial score (nSPS) is 9.60. The van der Waals surface area contributed by atoms with E-state index in [0.29, 0.717) is 11.1 Å². The smallest absolute Gasteiger partial charge is 0.131 e. The molecule has 0 aliphatic heterocycles.